The predicted octanol–water partition coefficient (Wildman–Crippen LogP) is 4.39. The summed E-state index contributed by atoms with van der Waals surface area (Å²) in [6.07, 6.45) is 13.1. The molecule has 192 valence electrons. The predicted molar refractivity (Wildman–Crippen MR) is 148 cm³/mol. The van der Waals surface area contributed by atoms with Gasteiger partial charge in [0.25, 0.3) is 0 Å². The molecular weight excluding hydrogens is 490 g/mol. The fourth-order valence-corrected chi connectivity index (χ4v) is 4.06. The molecule has 4 rings (SSSR count). The molecular formula is C27H30ClN7O2. The second-order valence-electron chi connectivity index (χ2n) is 8.89. The number of likely N-dealkylation sites (N-methyl/N-ethyl adjacent to an activating group) is 1. The lowest BCUT2D eigenvalue weighted by Crippen LogP contribution is -2.26. The molecule has 37 heavy (non-hydrogen) atoms. The first-order valence-electron chi connectivity index (χ1n) is 12.0. The summed E-state index contributed by atoms with van der Waals surface area (Å²) in [6.45, 7) is 0.917. The Morgan fingerprint density at radius 3 is 2.92 bits per heavy atom. The molecule has 10 heteroatoms. The van der Waals surface area contributed by atoms with Crippen LogP contribution >= 0.6 is 11.6 Å². The fraction of sp³-hybridized carbons (Fsp3) is 0.259. The van der Waals surface area contributed by atoms with Gasteiger partial charge < -0.3 is 25.8 Å². The lowest BCUT2D eigenvalue weighted by molar-refractivity contribution is -0.117. The largest absolute Gasteiger partial charge is 0.364 e. The summed E-state index contributed by atoms with van der Waals surface area (Å²) in [5, 5.41) is 9.20. The number of aromatic amines is 1. The Bertz CT molecular complexity index is 1330. The van der Waals surface area contributed by atoms with E-state index in [1.54, 1.807) is 24.4 Å². The van der Waals surface area contributed by atoms with Crippen molar-refractivity contribution in [1.82, 2.24) is 25.2 Å². The van der Waals surface area contributed by atoms with Gasteiger partial charge in [-0.1, -0.05) is 35.9 Å². The molecule has 2 heterocycles. The third-order valence-electron chi connectivity index (χ3n) is 5.64. The standard InChI is InChI=1S/C27H30ClN7O2/c1-35(2)14-6-11-24(36)29-13-12-25(37)32-18-7-5-8-19(15-18)33-27-31-17-22(28)26(34-27)21-16-30-23-10-4-3-9-20(21)23/h3,5-9,11,15-17,30H,4,10,12-14H2,1-2H3,(H,29,36)(H,32,37)(H,31,33,34)/b11-6+. The van der Waals surface area contributed by atoms with Gasteiger partial charge in [-0.2, -0.15) is 0 Å². The Balaban J connectivity index is 1.35. The summed E-state index contributed by atoms with van der Waals surface area (Å²) in [4.78, 5) is 38.4. The number of halogens is 1. The fourth-order valence-electron chi connectivity index (χ4n) is 3.87. The molecule has 1 aliphatic rings. The molecule has 0 spiro atoms. The normalized spacial score (nSPS) is 12.5. The number of aryl methyl sites for hydroxylation is 1. The first kappa shape index (κ1) is 26.1. The van der Waals surface area contributed by atoms with E-state index >= 15 is 0 Å². The van der Waals surface area contributed by atoms with Gasteiger partial charge in [0.05, 0.1) is 16.9 Å². The van der Waals surface area contributed by atoms with Crippen LogP contribution in [0.4, 0.5) is 17.3 Å². The number of carbonyl (C=O) groups excluding carboxylic acids is 2. The van der Waals surface area contributed by atoms with E-state index in [1.807, 2.05) is 37.3 Å². The second-order valence-corrected chi connectivity index (χ2v) is 9.29. The van der Waals surface area contributed by atoms with Crippen molar-refractivity contribution in [2.75, 3.05) is 37.8 Å². The minimum atomic E-state index is -0.223. The highest BCUT2D eigenvalue weighted by atomic mass is 35.5. The monoisotopic (exact) mass is 519 g/mol. The summed E-state index contributed by atoms with van der Waals surface area (Å²) in [6, 6.07) is 7.26. The van der Waals surface area contributed by atoms with Crippen LogP contribution in [0.5, 0.6) is 0 Å². The molecule has 0 unspecified atom stereocenters. The van der Waals surface area contributed by atoms with Crippen LogP contribution in [0.2, 0.25) is 5.02 Å². The molecule has 1 aliphatic carbocycles. The Hall–Kier alpha value is -3.95. The van der Waals surface area contributed by atoms with Crippen LogP contribution in [0.25, 0.3) is 17.3 Å². The van der Waals surface area contributed by atoms with E-state index in [0.717, 1.165) is 24.0 Å². The van der Waals surface area contributed by atoms with E-state index in [1.165, 1.54) is 11.8 Å². The first-order chi connectivity index (χ1) is 17.9. The first-order valence-corrected chi connectivity index (χ1v) is 12.4. The van der Waals surface area contributed by atoms with Crippen molar-refractivity contribution in [3.05, 3.63) is 71.2 Å². The molecule has 4 N–H and O–H groups in total. The van der Waals surface area contributed by atoms with Gasteiger partial charge >= 0.3 is 0 Å². The number of fused-ring (bicyclic) bond motifs is 1. The number of hydrogen-bond acceptors (Lipinski definition) is 6. The topological polar surface area (TPSA) is 115 Å². The quantitative estimate of drug-likeness (QED) is 0.295. The Morgan fingerprint density at radius 2 is 2.08 bits per heavy atom. The van der Waals surface area contributed by atoms with E-state index in [9.17, 15) is 9.59 Å². The Kier molecular flexibility index (Phi) is 8.71. The zero-order valence-electron chi connectivity index (χ0n) is 20.8. The molecule has 0 saturated heterocycles. The number of nitrogens with one attached hydrogen (secondary N) is 4. The van der Waals surface area contributed by atoms with Gasteiger partial charge in [0.15, 0.2) is 0 Å². The van der Waals surface area contributed by atoms with Crippen LogP contribution < -0.4 is 16.0 Å². The van der Waals surface area contributed by atoms with Gasteiger partial charge in [0.1, 0.15) is 0 Å². The Labute approximate surface area is 221 Å². The average molecular weight is 520 g/mol. The molecule has 1 aromatic carbocycles. The summed E-state index contributed by atoms with van der Waals surface area (Å²) in [5.74, 6) is -0.0351. The van der Waals surface area contributed by atoms with Crippen molar-refractivity contribution in [2.45, 2.75) is 19.3 Å². The Morgan fingerprint density at radius 1 is 1.24 bits per heavy atom. The molecule has 0 atom stereocenters. The highest BCUT2D eigenvalue weighted by molar-refractivity contribution is 6.33. The van der Waals surface area contributed by atoms with Gasteiger partial charge in [-0.15, -0.1) is 0 Å². The van der Waals surface area contributed by atoms with Crippen LogP contribution in [-0.2, 0) is 16.0 Å². The maximum absolute atomic E-state index is 12.3. The zero-order valence-corrected chi connectivity index (χ0v) is 21.6. The maximum Gasteiger partial charge on any atom is 0.243 e. The van der Waals surface area contributed by atoms with Crippen LogP contribution in [0, 0.1) is 0 Å². The van der Waals surface area contributed by atoms with Crippen molar-refractivity contribution in [1.29, 1.82) is 0 Å². The second kappa shape index (κ2) is 12.3. The summed E-state index contributed by atoms with van der Waals surface area (Å²) >= 11 is 6.44. The highest BCUT2D eigenvalue weighted by Crippen LogP contribution is 2.34. The van der Waals surface area contributed by atoms with Crippen molar-refractivity contribution >= 4 is 46.8 Å². The average Bonchev–Trinajstić information content (AvgIpc) is 3.29. The third-order valence-corrected chi connectivity index (χ3v) is 5.92. The molecule has 0 radical (unpaired) electrons. The number of carbonyl (C=O) groups is 2. The molecule has 0 aliphatic heterocycles. The van der Waals surface area contributed by atoms with E-state index in [4.69, 9.17) is 11.6 Å². The van der Waals surface area contributed by atoms with Crippen molar-refractivity contribution in [3.63, 3.8) is 0 Å². The lowest BCUT2D eigenvalue weighted by atomic mass is 10.0. The van der Waals surface area contributed by atoms with Crippen molar-refractivity contribution in [2.24, 2.45) is 0 Å². The van der Waals surface area contributed by atoms with Crippen LogP contribution in [0.15, 0.2) is 54.9 Å². The molecule has 2 amide bonds. The number of aromatic nitrogens is 3. The van der Waals surface area contributed by atoms with Crippen LogP contribution in [0.3, 0.4) is 0 Å². The number of allylic oxidation sites excluding steroid dienone is 1. The molecule has 0 fully saturated rings. The summed E-state index contributed by atoms with van der Waals surface area (Å²) in [7, 11) is 3.84. The third kappa shape index (κ3) is 7.28. The molecule has 3 aromatic rings. The molecule has 9 nitrogen and oxygen atoms in total. The highest BCUT2D eigenvalue weighted by Gasteiger charge is 2.17. The van der Waals surface area contributed by atoms with Gasteiger partial charge in [-0.25, -0.2) is 9.97 Å². The zero-order chi connectivity index (χ0) is 26.2. The van der Waals surface area contributed by atoms with Crippen molar-refractivity contribution in [3.8, 4) is 11.3 Å². The smallest absolute Gasteiger partial charge is 0.243 e. The number of amides is 2. The number of hydrogen-bond donors (Lipinski definition) is 4. The van der Waals surface area contributed by atoms with Crippen LogP contribution in [0.1, 0.15) is 24.1 Å². The maximum atomic E-state index is 12.3. The molecule has 0 saturated carbocycles. The molecule has 0 bridgehead atoms. The van der Waals surface area contributed by atoms with Gasteiger partial charge in [-0.05, 0) is 45.1 Å². The van der Waals surface area contributed by atoms with Crippen LogP contribution in [-0.4, -0.2) is 58.9 Å². The SMILES string of the molecule is CN(C)C/C=C/C(=O)NCCC(=O)Nc1cccc(Nc2ncc(Cl)c(-c3c[nH]c4c3C=CCC4)n2)c1. The van der Waals surface area contributed by atoms with E-state index in [0.29, 0.717) is 34.6 Å². The van der Waals surface area contributed by atoms with E-state index < -0.39 is 0 Å². The number of nitrogens with zero attached hydrogens (tertiary/aromatic N) is 3. The van der Waals surface area contributed by atoms with E-state index in [2.05, 4.69) is 43.1 Å². The van der Waals surface area contributed by atoms with Gasteiger partial charge in [-0.3, -0.25) is 9.59 Å². The van der Waals surface area contributed by atoms with Crippen molar-refractivity contribution < 1.29 is 9.59 Å². The van der Waals surface area contributed by atoms with E-state index in [-0.39, 0.29) is 24.8 Å². The number of benzene rings is 1. The number of rotatable bonds is 10. The lowest BCUT2D eigenvalue weighted by Gasteiger charge is -2.11. The summed E-state index contributed by atoms with van der Waals surface area (Å²) in [5.41, 5.74) is 5.18. The minimum absolute atomic E-state index is 0.157. The summed E-state index contributed by atoms with van der Waals surface area (Å²) < 4.78 is 0. The number of anilines is 3. The molecule has 2 aromatic heterocycles. The van der Waals surface area contributed by atoms with Gasteiger partial charge in [0.2, 0.25) is 17.8 Å². The minimum Gasteiger partial charge on any atom is -0.364 e. The number of H-pyrrole nitrogens is 1. The van der Waals surface area contributed by atoms with Gasteiger partial charge in [0, 0.05) is 60.0 Å².